The highest BCUT2D eigenvalue weighted by atomic mass is 79.9. The summed E-state index contributed by atoms with van der Waals surface area (Å²) in [4.78, 5) is 11.2. The van der Waals surface area contributed by atoms with Gasteiger partial charge < -0.3 is 5.11 Å². The monoisotopic (exact) mass is 399 g/mol. The molecule has 1 N–H and O–H groups in total. The summed E-state index contributed by atoms with van der Waals surface area (Å²) in [6.07, 6.45) is 0. The van der Waals surface area contributed by atoms with Crippen LogP contribution in [0.15, 0.2) is 27.6 Å². The third kappa shape index (κ3) is 3.14. The Morgan fingerprint density at radius 1 is 1.50 bits per heavy atom. The van der Waals surface area contributed by atoms with Crippen LogP contribution in [-0.4, -0.2) is 47.9 Å². The molecule has 110 valence electrons. The Labute approximate surface area is 134 Å². The van der Waals surface area contributed by atoms with Crippen LogP contribution in [0.25, 0.3) is 0 Å². The van der Waals surface area contributed by atoms with E-state index in [1.54, 1.807) is 6.07 Å². The molecule has 5 nitrogen and oxygen atoms in total. The van der Waals surface area contributed by atoms with Gasteiger partial charge in [0.25, 0.3) is 0 Å². The molecule has 1 aromatic carbocycles. The minimum Gasteiger partial charge on any atom is -0.480 e. The lowest BCUT2D eigenvalue weighted by atomic mass is 10.3. The van der Waals surface area contributed by atoms with Crippen LogP contribution in [0.1, 0.15) is 0 Å². The van der Waals surface area contributed by atoms with E-state index in [9.17, 15) is 18.3 Å². The number of thioether (sulfide) groups is 1. The van der Waals surface area contributed by atoms with Gasteiger partial charge in [0.1, 0.15) is 10.9 Å². The molecule has 0 bridgehead atoms. The molecular weight excluding hydrogens is 390 g/mol. The van der Waals surface area contributed by atoms with E-state index >= 15 is 0 Å². The summed E-state index contributed by atoms with van der Waals surface area (Å²) in [7, 11) is -3.92. The number of rotatable bonds is 3. The van der Waals surface area contributed by atoms with Crippen LogP contribution in [0.3, 0.4) is 0 Å². The summed E-state index contributed by atoms with van der Waals surface area (Å²) in [6, 6.07) is 3.36. The average molecular weight is 401 g/mol. The lowest BCUT2D eigenvalue weighted by Crippen LogP contribution is -2.50. The van der Waals surface area contributed by atoms with Gasteiger partial charge in [-0.25, -0.2) is 8.42 Å². The Morgan fingerprint density at radius 2 is 2.20 bits per heavy atom. The molecule has 9 heteroatoms. The van der Waals surface area contributed by atoms with Crippen molar-refractivity contribution < 1.29 is 18.3 Å². The smallest absolute Gasteiger partial charge is 0.322 e. The van der Waals surface area contributed by atoms with Crippen molar-refractivity contribution in [1.82, 2.24) is 4.31 Å². The average Bonchev–Trinajstić information content (AvgIpc) is 2.38. The number of nitrogens with zero attached hydrogens (tertiary/aromatic N) is 1. The fourth-order valence-electron chi connectivity index (χ4n) is 1.88. The van der Waals surface area contributed by atoms with E-state index in [2.05, 4.69) is 15.9 Å². The molecule has 0 radical (unpaired) electrons. The lowest BCUT2D eigenvalue weighted by Gasteiger charge is -2.31. The van der Waals surface area contributed by atoms with E-state index in [-0.39, 0.29) is 22.2 Å². The van der Waals surface area contributed by atoms with Gasteiger partial charge in [0.15, 0.2) is 0 Å². The van der Waals surface area contributed by atoms with Gasteiger partial charge in [-0.15, -0.1) is 0 Å². The summed E-state index contributed by atoms with van der Waals surface area (Å²) in [5.41, 5.74) is 0. The molecule has 0 saturated carbocycles. The van der Waals surface area contributed by atoms with Gasteiger partial charge in [-0.2, -0.15) is 16.1 Å². The van der Waals surface area contributed by atoms with Gasteiger partial charge in [0.05, 0.1) is 5.02 Å². The SMILES string of the molecule is O=C(O)C1CSCCN1S(=O)(=O)c1ccc(Br)cc1Cl. The number of benzene rings is 1. The zero-order valence-corrected chi connectivity index (χ0v) is 14.1. The molecule has 1 heterocycles. The number of hydrogen-bond acceptors (Lipinski definition) is 4. The number of hydrogen-bond donors (Lipinski definition) is 1. The van der Waals surface area contributed by atoms with Gasteiger partial charge in [-0.05, 0) is 18.2 Å². The molecule has 1 saturated heterocycles. The van der Waals surface area contributed by atoms with E-state index in [1.165, 1.54) is 23.9 Å². The maximum atomic E-state index is 12.6. The summed E-state index contributed by atoms with van der Waals surface area (Å²) < 4.78 is 26.8. The third-order valence-corrected chi connectivity index (χ3v) is 6.75. The van der Waals surface area contributed by atoms with Crippen molar-refractivity contribution >= 4 is 55.3 Å². The molecule has 1 atom stereocenters. The largest absolute Gasteiger partial charge is 0.480 e. The fourth-order valence-corrected chi connectivity index (χ4v) is 5.72. The molecule has 0 aliphatic carbocycles. The van der Waals surface area contributed by atoms with Crippen molar-refractivity contribution in [1.29, 1.82) is 0 Å². The molecule has 2 rings (SSSR count). The first-order chi connectivity index (χ1) is 9.34. The number of carboxylic acid groups (broad SMARTS) is 1. The second-order valence-electron chi connectivity index (χ2n) is 4.12. The number of carboxylic acids is 1. The number of halogens is 2. The molecule has 1 aliphatic rings. The topological polar surface area (TPSA) is 74.7 Å². The maximum Gasteiger partial charge on any atom is 0.322 e. The summed E-state index contributed by atoms with van der Waals surface area (Å²) >= 11 is 10.6. The molecule has 0 aromatic heterocycles. The van der Waals surface area contributed by atoms with Crippen LogP contribution in [0.2, 0.25) is 5.02 Å². The van der Waals surface area contributed by atoms with Crippen molar-refractivity contribution in [2.45, 2.75) is 10.9 Å². The molecule has 20 heavy (non-hydrogen) atoms. The van der Waals surface area contributed by atoms with Crippen LogP contribution in [0, 0.1) is 0 Å². The molecule has 0 amide bonds. The molecule has 0 spiro atoms. The molecule has 1 aliphatic heterocycles. The van der Waals surface area contributed by atoms with Gasteiger partial charge in [0.2, 0.25) is 10.0 Å². The van der Waals surface area contributed by atoms with E-state index in [0.29, 0.717) is 10.2 Å². The van der Waals surface area contributed by atoms with Crippen molar-refractivity contribution in [2.75, 3.05) is 18.1 Å². The van der Waals surface area contributed by atoms with Gasteiger partial charge in [-0.1, -0.05) is 27.5 Å². The van der Waals surface area contributed by atoms with Crippen LogP contribution in [0.5, 0.6) is 0 Å². The number of sulfonamides is 1. The van der Waals surface area contributed by atoms with E-state index in [1.807, 2.05) is 0 Å². The second-order valence-corrected chi connectivity index (χ2v) is 8.45. The van der Waals surface area contributed by atoms with E-state index in [4.69, 9.17) is 11.6 Å². The standard InChI is InChI=1S/C11H11BrClNO4S2/c12-7-1-2-10(8(13)5-7)20(17,18)14-3-4-19-6-9(14)11(15)16/h1-2,5,9H,3-4,6H2,(H,15,16). The fraction of sp³-hybridized carbons (Fsp3) is 0.364. The van der Waals surface area contributed by atoms with Crippen molar-refractivity contribution in [3.8, 4) is 0 Å². The Morgan fingerprint density at radius 3 is 2.80 bits per heavy atom. The van der Waals surface area contributed by atoms with Crippen molar-refractivity contribution in [2.24, 2.45) is 0 Å². The summed E-state index contributed by atoms with van der Waals surface area (Å²) in [6.45, 7) is 0.163. The van der Waals surface area contributed by atoms with Gasteiger partial charge in [0, 0.05) is 22.5 Å². The van der Waals surface area contributed by atoms with Crippen LogP contribution in [-0.2, 0) is 14.8 Å². The van der Waals surface area contributed by atoms with Crippen LogP contribution in [0.4, 0.5) is 0 Å². The minimum absolute atomic E-state index is 0.0690. The normalized spacial score (nSPS) is 20.8. The van der Waals surface area contributed by atoms with Crippen molar-refractivity contribution in [3.05, 3.63) is 27.7 Å². The molecule has 1 aromatic rings. The Bertz CT molecular complexity index is 637. The highest BCUT2D eigenvalue weighted by Crippen LogP contribution is 2.30. The Balaban J connectivity index is 2.45. The van der Waals surface area contributed by atoms with Gasteiger partial charge in [-0.3, -0.25) is 4.79 Å². The minimum atomic E-state index is -3.92. The predicted octanol–water partition coefficient (Wildman–Crippen LogP) is 2.29. The highest BCUT2D eigenvalue weighted by molar-refractivity contribution is 9.10. The van der Waals surface area contributed by atoms with Crippen LogP contribution >= 0.6 is 39.3 Å². The van der Waals surface area contributed by atoms with Crippen LogP contribution < -0.4 is 0 Å². The summed E-state index contributed by atoms with van der Waals surface area (Å²) in [5, 5.41) is 9.24. The number of aliphatic carboxylic acids is 1. The zero-order valence-electron chi connectivity index (χ0n) is 10.1. The van der Waals surface area contributed by atoms with Crippen molar-refractivity contribution in [3.63, 3.8) is 0 Å². The molecular formula is C11H11BrClNO4S2. The summed E-state index contributed by atoms with van der Waals surface area (Å²) in [5.74, 6) is -0.339. The Kier molecular flexibility index (Phi) is 5.01. The second kappa shape index (κ2) is 6.23. The molecule has 1 fully saturated rings. The first kappa shape index (κ1) is 16.1. The van der Waals surface area contributed by atoms with E-state index in [0.717, 1.165) is 4.31 Å². The Hall–Kier alpha value is -0.280. The van der Waals surface area contributed by atoms with Gasteiger partial charge >= 0.3 is 5.97 Å². The zero-order chi connectivity index (χ0) is 14.9. The molecule has 1 unspecified atom stereocenters. The quantitative estimate of drug-likeness (QED) is 0.842. The first-order valence-corrected chi connectivity index (χ1v) is 9.38. The number of carbonyl (C=O) groups is 1. The highest BCUT2D eigenvalue weighted by Gasteiger charge is 2.38. The predicted molar refractivity (Wildman–Crippen MR) is 81.8 cm³/mol. The first-order valence-electron chi connectivity index (χ1n) is 5.61. The maximum absolute atomic E-state index is 12.6. The lowest BCUT2D eigenvalue weighted by molar-refractivity contribution is -0.140. The van der Waals surface area contributed by atoms with E-state index < -0.39 is 22.0 Å². The third-order valence-electron chi connectivity index (χ3n) is 2.84.